The first-order valence-electron chi connectivity index (χ1n) is 12.2. The highest BCUT2D eigenvalue weighted by Gasteiger charge is 2.30. The summed E-state index contributed by atoms with van der Waals surface area (Å²) >= 11 is 0. The number of rotatable bonds is 18. The molecule has 0 aromatic heterocycles. The number of hydrogen-bond donors (Lipinski definition) is 2. The van der Waals surface area contributed by atoms with Crippen LogP contribution < -0.4 is 0 Å². The molecule has 0 aliphatic carbocycles. The van der Waals surface area contributed by atoms with Crippen LogP contribution in [0, 0.1) is 0 Å². The second kappa shape index (κ2) is 15.9. The molecule has 29 heavy (non-hydrogen) atoms. The highest BCUT2D eigenvalue weighted by molar-refractivity contribution is 5.13. The highest BCUT2D eigenvalue weighted by Crippen LogP contribution is 2.20. The van der Waals surface area contributed by atoms with Gasteiger partial charge in [-0.1, -0.05) is 95.0 Å². The van der Waals surface area contributed by atoms with Crippen molar-refractivity contribution in [3.63, 3.8) is 0 Å². The Morgan fingerprint density at radius 2 is 1.14 bits per heavy atom. The maximum absolute atomic E-state index is 10.2. The van der Waals surface area contributed by atoms with Gasteiger partial charge >= 0.3 is 0 Å². The third-order valence-electron chi connectivity index (χ3n) is 5.90. The maximum atomic E-state index is 10.2. The summed E-state index contributed by atoms with van der Waals surface area (Å²) in [7, 11) is 0. The van der Waals surface area contributed by atoms with E-state index in [4.69, 9.17) is 0 Å². The Hall–Kier alpha value is -0.900. The second-order valence-corrected chi connectivity index (χ2v) is 9.31. The highest BCUT2D eigenvalue weighted by atomic mass is 16.3. The van der Waals surface area contributed by atoms with Gasteiger partial charge in [0.1, 0.15) is 31.8 Å². The first-order chi connectivity index (χ1) is 14.0. The SMILES string of the molecule is CCCCCCCCCCCCC[N+](Cc1ccccc1)(CC(C)O)CC(C)O. The van der Waals surface area contributed by atoms with Crippen molar-refractivity contribution in [3.05, 3.63) is 35.9 Å². The van der Waals surface area contributed by atoms with Gasteiger partial charge in [0.2, 0.25) is 0 Å². The van der Waals surface area contributed by atoms with Crippen LogP contribution in [0.5, 0.6) is 0 Å². The second-order valence-electron chi connectivity index (χ2n) is 9.31. The van der Waals surface area contributed by atoms with Crippen LogP contribution in [0.2, 0.25) is 0 Å². The van der Waals surface area contributed by atoms with Crippen molar-refractivity contribution >= 4 is 0 Å². The predicted molar refractivity (Wildman–Crippen MR) is 125 cm³/mol. The molecule has 0 spiro atoms. The van der Waals surface area contributed by atoms with Crippen LogP contribution >= 0.6 is 0 Å². The maximum Gasteiger partial charge on any atom is 0.105 e. The van der Waals surface area contributed by atoms with Gasteiger partial charge < -0.3 is 14.7 Å². The molecule has 3 nitrogen and oxygen atoms in total. The predicted octanol–water partition coefficient (Wildman–Crippen LogP) is 6.08. The van der Waals surface area contributed by atoms with Gasteiger partial charge in [-0.25, -0.2) is 0 Å². The molecule has 0 saturated carbocycles. The molecule has 1 aromatic carbocycles. The van der Waals surface area contributed by atoms with Crippen molar-refractivity contribution in [2.45, 2.75) is 110 Å². The van der Waals surface area contributed by atoms with E-state index in [-0.39, 0.29) is 12.2 Å². The molecular formula is C26H48NO2+. The van der Waals surface area contributed by atoms with Crippen LogP contribution in [0.3, 0.4) is 0 Å². The van der Waals surface area contributed by atoms with Crippen LogP contribution in [-0.2, 0) is 6.54 Å². The lowest BCUT2D eigenvalue weighted by molar-refractivity contribution is -0.946. The van der Waals surface area contributed by atoms with Crippen molar-refractivity contribution in [1.82, 2.24) is 0 Å². The van der Waals surface area contributed by atoms with Crippen molar-refractivity contribution in [3.8, 4) is 0 Å². The van der Waals surface area contributed by atoms with Crippen LogP contribution in [0.25, 0.3) is 0 Å². The number of quaternary nitrogens is 1. The molecule has 0 amide bonds. The van der Waals surface area contributed by atoms with E-state index in [9.17, 15) is 10.2 Å². The molecule has 0 fully saturated rings. The van der Waals surface area contributed by atoms with E-state index in [1.54, 1.807) is 0 Å². The summed E-state index contributed by atoms with van der Waals surface area (Å²) < 4.78 is 0.775. The fourth-order valence-electron chi connectivity index (χ4n) is 4.67. The average Bonchev–Trinajstić information content (AvgIpc) is 2.66. The molecule has 1 aromatic rings. The molecule has 2 unspecified atom stereocenters. The van der Waals surface area contributed by atoms with Crippen LogP contribution in [0.1, 0.15) is 97.0 Å². The summed E-state index contributed by atoms with van der Waals surface area (Å²) in [6.45, 7) is 9.35. The lowest BCUT2D eigenvalue weighted by Crippen LogP contribution is -2.54. The minimum atomic E-state index is -0.356. The quantitative estimate of drug-likeness (QED) is 0.229. The van der Waals surface area contributed by atoms with Crippen LogP contribution in [0.4, 0.5) is 0 Å². The van der Waals surface area contributed by atoms with Gasteiger partial charge in [0.25, 0.3) is 0 Å². The molecule has 0 aliphatic rings. The molecule has 3 heteroatoms. The summed E-state index contributed by atoms with van der Waals surface area (Å²) in [4.78, 5) is 0. The van der Waals surface area contributed by atoms with E-state index in [1.807, 2.05) is 19.9 Å². The van der Waals surface area contributed by atoms with Gasteiger partial charge in [0.05, 0.1) is 6.54 Å². The molecule has 0 aliphatic heterocycles. The topological polar surface area (TPSA) is 40.5 Å². The van der Waals surface area contributed by atoms with Crippen molar-refractivity contribution in [2.75, 3.05) is 19.6 Å². The summed E-state index contributed by atoms with van der Waals surface area (Å²) in [5.74, 6) is 0. The Morgan fingerprint density at radius 1 is 0.690 bits per heavy atom. The first kappa shape index (κ1) is 26.1. The fourth-order valence-corrected chi connectivity index (χ4v) is 4.67. The number of benzene rings is 1. The van der Waals surface area contributed by atoms with E-state index in [0.717, 1.165) is 17.6 Å². The number of aliphatic hydroxyl groups excluding tert-OH is 2. The Balaban J connectivity index is 2.42. The van der Waals surface area contributed by atoms with Gasteiger partial charge in [-0.15, -0.1) is 0 Å². The minimum Gasteiger partial charge on any atom is -0.388 e. The third kappa shape index (κ3) is 13.1. The fraction of sp³-hybridized carbons (Fsp3) is 0.769. The van der Waals surface area contributed by atoms with Crippen molar-refractivity contribution in [2.24, 2.45) is 0 Å². The molecule has 0 bridgehead atoms. The van der Waals surface area contributed by atoms with Gasteiger partial charge in [-0.05, 0) is 26.7 Å². The average molecular weight is 407 g/mol. The Kier molecular flexibility index (Phi) is 14.3. The monoisotopic (exact) mass is 406 g/mol. The smallest absolute Gasteiger partial charge is 0.105 e. The summed E-state index contributed by atoms with van der Waals surface area (Å²) in [5.41, 5.74) is 1.29. The molecule has 0 heterocycles. The Labute approximate surface area is 180 Å². The van der Waals surface area contributed by atoms with E-state index < -0.39 is 0 Å². The molecule has 168 valence electrons. The van der Waals surface area contributed by atoms with Crippen molar-refractivity contribution in [1.29, 1.82) is 0 Å². The van der Waals surface area contributed by atoms with Crippen LogP contribution in [0.15, 0.2) is 30.3 Å². The Morgan fingerprint density at radius 3 is 1.59 bits per heavy atom. The number of hydrogen-bond acceptors (Lipinski definition) is 2. The summed E-state index contributed by atoms with van der Waals surface area (Å²) in [5, 5.41) is 20.3. The zero-order valence-corrected chi connectivity index (χ0v) is 19.5. The van der Waals surface area contributed by atoms with E-state index in [0.29, 0.717) is 13.1 Å². The summed E-state index contributed by atoms with van der Waals surface area (Å²) in [6.07, 6.45) is 14.1. The lowest BCUT2D eigenvalue weighted by Gasteiger charge is -2.41. The first-order valence-corrected chi connectivity index (χ1v) is 12.2. The molecule has 2 N–H and O–H groups in total. The molecule has 2 atom stereocenters. The molecule has 0 radical (unpaired) electrons. The lowest BCUT2D eigenvalue weighted by atomic mass is 10.0. The van der Waals surface area contributed by atoms with E-state index in [1.165, 1.54) is 76.2 Å². The Bertz CT molecular complexity index is 477. The van der Waals surface area contributed by atoms with Crippen molar-refractivity contribution < 1.29 is 14.7 Å². The standard InChI is InChI=1S/C26H48NO2/c1-4-5-6-7-8-9-10-11-12-13-17-20-27(21-24(2)28,22-25(3)29)23-26-18-15-14-16-19-26/h14-16,18-19,24-25,28-29H,4-13,17,20-23H2,1-3H3/q+1. The molecular weight excluding hydrogens is 358 g/mol. The van der Waals surface area contributed by atoms with E-state index in [2.05, 4.69) is 31.2 Å². The third-order valence-corrected chi connectivity index (χ3v) is 5.90. The normalized spacial score (nSPS) is 15.8. The minimum absolute atomic E-state index is 0.356. The van der Waals surface area contributed by atoms with E-state index >= 15 is 0 Å². The zero-order chi connectivity index (χ0) is 21.4. The number of aliphatic hydroxyl groups is 2. The van der Waals surface area contributed by atoms with Gasteiger partial charge in [-0.3, -0.25) is 0 Å². The zero-order valence-electron chi connectivity index (χ0n) is 19.5. The van der Waals surface area contributed by atoms with Crippen LogP contribution in [-0.4, -0.2) is 46.5 Å². The summed E-state index contributed by atoms with van der Waals surface area (Å²) in [6, 6.07) is 10.5. The van der Waals surface area contributed by atoms with Gasteiger partial charge in [-0.2, -0.15) is 0 Å². The van der Waals surface area contributed by atoms with Gasteiger partial charge in [0.15, 0.2) is 0 Å². The number of nitrogens with zero attached hydrogens (tertiary/aromatic N) is 1. The molecule has 0 saturated heterocycles. The molecule has 1 rings (SSSR count). The van der Waals surface area contributed by atoms with Gasteiger partial charge in [0, 0.05) is 5.56 Å². The number of unbranched alkanes of at least 4 members (excludes halogenated alkanes) is 10. The largest absolute Gasteiger partial charge is 0.388 e.